The van der Waals surface area contributed by atoms with E-state index in [1.54, 1.807) is 24.3 Å². The van der Waals surface area contributed by atoms with Crippen LogP contribution in [0.5, 0.6) is 0 Å². The van der Waals surface area contributed by atoms with Gasteiger partial charge in [-0.1, -0.05) is 36.4 Å². The number of nitrogens with one attached hydrogen (secondary N) is 1. The first-order valence-corrected chi connectivity index (χ1v) is 12.0. The number of carbonyl (C=O) groups excluding carboxylic acids is 3. The molecule has 0 unspecified atom stereocenters. The summed E-state index contributed by atoms with van der Waals surface area (Å²) in [5, 5.41) is 2.91. The van der Waals surface area contributed by atoms with E-state index < -0.39 is 0 Å². The molecule has 35 heavy (non-hydrogen) atoms. The predicted molar refractivity (Wildman–Crippen MR) is 136 cm³/mol. The van der Waals surface area contributed by atoms with Gasteiger partial charge in [-0.3, -0.25) is 24.2 Å². The van der Waals surface area contributed by atoms with Crippen molar-refractivity contribution in [1.82, 2.24) is 4.90 Å². The summed E-state index contributed by atoms with van der Waals surface area (Å²) in [5.74, 6) is -0.749. The van der Waals surface area contributed by atoms with Crippen LogP contribution in [0.25, 0.3) is 0 Å². The number of benzene rings is 3. The Morgan fingerprint density at radius 1 is 0.743 bits per heavy atom. The van der Waals surface area contributed by atoms with E-state index in [1.807, 2.05) is 30.3 Å². The first kappa shape index (κ1) is 22.8. The number of piperazine rings is 1. The van der Waals surface area contributed by atoms with E-state index in [-0.39, 0.29) is 30.6 Å². The van der Waals surface area contributed by atoms with Gasteiger partial charge in [-0.2, -0.15) is 0 Å². The van der Waals surface area contributed by atoms with Crippen LogP contribution in [-0.4, -0.2) is 48.8 Å². The number of rotatable bonds is 6. The van der Waals surface area contributed by atoms with E-state index in [4.69, 9.17) is 0 Å². The number of hydrogen-bond donors (Lipinski definition) is 1. The van der Waals surface area contributed by atoms with Crippen LogP contribution in [0.15, 0.2) is 78.9 Å². The minimum atomic E-state index is -0.284. The summed E-state index contributed by atoms with van der Waals surface area (Å²) in [6.45, 7) is 4.90. The van der Waals surface area contributed by atoms with Crippen LogP contribution in [0.2, 0.25) is 0 Å². The zero-order chi connectivity index (χ0) is 24.2. The average molecular weight is 469 g/mol. The quantitative estimate of drug-likeness (QED) is 0.556. The van der Waals surface area contributed by atoms with Crippen LogP contribution >= 0.6 is 0 Å². The minimum Gasteiger partial charge on any atom is -0.369 e. The molecule has 2 heterocycles. The first-order chi connectivity index (χ1) is 17.1. The van der Waals surface area contributed by atoms with Crippen LogP contribution in [0.3, 0.4) is 0 Å². The molecule has 0 aromatic heterocycles. The molecule has 5 rings (SSSR count). The van der Waals surface area contributed by atoms with Crippen LogP contribution < -0.4 is 15.1 Å². The van der Waals surface area contributed by atoms with Gasteiger partial charge in [0.05, 0.1) is 5.69 Å². The maximum Gasteiger partial charge on any atom is 0.255 e. The normalized spacial score (nSPS) is 16.6. The zero-order valence-corrected chi connectivity index (χ0v) is 19.5. The zero-order valence-electron chi connectivity index (χ0n) is 19.5. The van der Waals surface area contributed by atoms with E-state index in [1.165, 1.54) is 5.56 Å². The number of nitrogens with zero attached hydrogens (tertiary/aromatic N) is 3. The van der Waals surface area contributed by atoms with Crippen molar-refractivity contribution in [2.75, 3.05) is 41.3 Å². The number of imide groups is 1. The van der Waals surface area contributed by atoms with Gasteiger partial charge in [0.1, 0.15) is 0 Å². The summed E-state index contributed by atoms with van der Waals surface area (Å²) < 4.78 is 0. The Labute approximate surface area is 204 Å². The van der Waals surface area contributed by atoms with Crippen molar-refractivity contribution >= 4 is 34.8 Å². The Morgan fingerprint density at radius 2 is 1.43 bits per heavy atom. The summed E-state index contributed by atoms with van der Waals surface area (Å²) in [6, 6.07) is 25.0. The molecular formula is C28H28N4O3. The van der Waals surface area contributed by atoms with Gasteiger partial charge in [-0.25, -0.2) is 0 Å². The molecule has 0 saturated carbocycles. The molecule has 0 spiro atoms. The molecule has 3 amide bonds. The van der Waals surface area contributed by atoms with Gasteiger partial charge in [-0.15, -0.1) is 0 Å². The lowest BCUT2D eigenvalue weighted by atomic mass is 10.1. The van der Waals surface area contributed by atoms with Gasteiger partial charge in [0.15, 0.2) is 0 Å². The maximum absolute atomic E-state index is 12.8. The SMILES string of the molecule is O=C(Nc1ccc(N2CCN(Cc3ccccc3)CC2)cc1)c1cccc(N2C(=O)CCC2=O)c1. The highest BCUT2D eigenvalue weighted by molar-refractivity contribution is 6.20. The molecule has 3 aromatic rings. The fourth-order valence-corrected chi connectivity index (χ4v) is 4.62. The third-order valence-corrected chi connectivity index (χ3v) is 6.53. The second kappa shape index (κ2) is 10.1. The van der Waals surface area contributed by atoms with Crippen molar-refractivity contribution in [2.45, 2.75) is 19.4 Å². The highest BCUT2D eigenvalue weighted by Crippen LogP contribution is 2.25. The molecule has 0 aliphatic carbocycles. The average Bonchev–Trinajstić information content (AvgIpc) is 3.23. The van der Waals surface area contributed by atoms with Gasteiger partial charge in [-0.05, 0) is 48.0 Å². The molecule has 2 aliphatic rings. The molecule has 0 radical (unpaired) electrons. The van der Waals surface area contributed by atoms with E-state index in [0.29, 0.717) is 16.9 Å². The largest absolute Gasteiger partial charge is 0.369 e. The van der Waals surface area contributed by atoms with E-state index in [0.717, 1.165) is 43.3 Å². The topological polar surface area (TPSA) is 73.0 Å². The van der Waals surface area contributed by atoms with Crippen molar-refractivity contribution in [3.05, 3.63) is 90.0 Å². The highest BCUT2D eigenvalue weighted by Gasteiger charge is 2.30. The van der Waals surface area contributed by atoms with Crippen LogP contribution in [0, 0.1) is 0 Å². The highest BCUT2D eigenvalue weighted by atomic mass is 16.2. The van der Waals surface area contributed by atoms with Crippen molar-refractivity contribution in [3.8, 4) is 0 Å². The Bertz CT molecular complexity index is 1200. The van der Waals surface area contributed by atoms with Crippen molar-refractivity contribution in [3.63, 3.8) is 0 Å². The Hall–Kier alpha value is -3.97. The summed E-state index contributed by atoms with van der Waals surface area (Å²) in [4.78, 5) is 42.8. The fraction of sp³-hybridized carbons (Fsp3) is 0.250. The number of amides is 3. The molecule has 1 N–H and O–H groups in total. The van der Waals surface area contributed by atoms with Crippen molar-refractivity contribution in [1.29, 1.82) is 0 Å². The number of carbonyl (C=O) groups is 3. The minimum absolute atomic E-state index is 0.212. The Morgan fingerprint density at radius 3 is 2.11 bits per heavy atom. The van der Waals surface area contributed by atoms with E-state index >= 15 is 0 Å². The molecule has 0 atom stereocenters. The monoisotopic (exact) mass is 468 g/mol. The van der Waals surface area contributed by atoms with Crippen LogP contribution in [-0.2, 0) is 16.1 Å². The van der Waals surface area contributed by atoms with Gasteiger partial charge < -0.3 is 10.2 Å². The third-order valence-electron chi connectivity index (χ3n) is 6.53. The molecule has 3 aromatic carbocycles. The predicted octanol–water partition coefficient (Wildman–Crippen LogP) is 3.91. The second-order valence-corrected chi connectivity index (χ2v) is 8.92. The van der Waals surface area contributed by atoms with Gasteiger partial charge in [0, 0.05) is 62.5 Å². The first-order valence-electron chi connectivity index (χ1n) is 12.0. The summed E-state index contributed by atoms with van der Waals surface area (Å²) in [6.07, 6.45) is 0.424. The lowest BCUT2D eigenvalue weighted by Crippen LogP contribution is -2.45. The Balaban J connectivity index is 1.17. The second-order valence-electron chi connectivity index (χ2n) is 8.92. The van der Waals surface area contributed by atoms with E-state index in [9.17, 15) is 14.4 Å². The number of anilines is 3. The van der Waals surface area contributed by atoms with Crippen molar-refractivity contribution < 1.29 is 14.4 Å². The molecule has 7 nitrogen and oxygen atoms in total. The van der Waals surface area contributed by atoms with Crippen molar-refractivity contribution in [2.24, 2.45) is 0 Å². The lowest BCUT2D eigenvalue weighted by molar-refractivity contribution is -0.121. The smallest absolute Gasteiger partial charge is 0.255 e. The summed E-state index contributed by atoms with van der Waals surface area (Å²) in [5.41, 5.74) is 4.00. The number of hydrogen-bond acceptors (Lipinski definition) is 5. The lowest BCUT2D eigenvalue weighted by Gasteiger charge is -2.36. The Kier molecular flexibility index (Phi) is 6.59. The maximum atomic E-state index is 12.8. The third kappa shape index (κ3) is 5.25. The van der Waals surface area contributed by atoms with Gasteiger partial charge >= 0.3 is 0 Å². The molecular weight excluding hydrogens is 440 g/mol. The standard InChI is InChI=1S/C28H28N4O3/c33-26-13-14-27(34)32(26)25-8-4-7-22(19-25)28(35)29-23-9-11-24(12-10-23)31-17-15-30(16-18-31)20-21-5-2-1-3-6-21/h1-12,19H,13-18,20H2,(H,29,35). The van der Waals surface area contributed by atoms with Crippen LogP contribution in [0.4, 0.5) is 17.1 Å². The molecule has 2 aliphatic heterocycles. The molecule has 2 saturated heterocycles. The van der Waals surface area contributed by atoms with Crippen LogP contribution in [0.1, 0.15) is 28.8 Å². The molecule has 178 valence electrons. The van der Waals surface area contributed by atoms with E-state index in [2.05, 4.69) is 39.4 Å². The van der Waals surface area contributed by atoms with Gasteiger partial charge in [0.25, 0.3) is 5.91 Å². The molecule has 7 heteroatoms. The fourth-order valence-electron chi connectivity index (χ4n) is 4.62. The summed E-state index contributed by atoms with van der Waals surface area (Å²) >= 11 is 0. The summed E-state index contributed by atoms with van der Waals surface area (Å²) in [7, 11) is 0. The molecule has 2 fully saturated rings. The molecule has 0 bridgehead atoms. The van der Waals surface area contributed by atoms with Gasteiger partial charge in [0.2, 0.25) is 11.8 Å².